The van der Waals surface area contributed by atoms with Gasteiger partial charge in [-0.3, -0.25) is 9.59 Å². The summed E-state index contributed by atoms with van der Waals surface area (Å²) in [6.45, 7) is 11.3. The van der Waals surface area contributed by atoms with Crippen LogP contribution in [0, 0.1) is 23.7 Å². The molecule has 0 radical (unpaired) electrons. The van der Waals surface area contributed by atoms with E-state index in [1.54, 1.807) is 13.8 Å². The molecule has 3 atom stereocenters. The van der Waals surface area contributed by atoms with E-state index < -0.39 is 40.9 Å². The van der Waals surface area contributed by atoms with Crippen molar-refractivity contribution in [3.05, 3.63) is 11.3 Å². The van der Waals surface area contributed by atoms with E-state index >= 15 is 0 Å². The van der Waals surface area contributed by atoms with Crippen molar-refractivity contribution in [3.8, 4) is 0 Å². The molecule has 0 fully saturated rings. The van der Waals surface area contributed by atoms with Gasteiger partial charge >= 0.3 is 0 Å². The number of Topliss-reactive ketones (excluding diaryl/α,β-unsaturated/α-hetero) is 2. The van der Waals surface area contributed by atoms with E-state index in [0.717, 1.165) is 0 Å². The van der Waals surface area contributed by atoms with Crippen molar-refractivity contribution in [1.29, 1.82) is 0 Å². The molecular formula is C20H34O5. The van der Waals surface area contributed by atoms with Gasteiger partial charge in [-0.1, -0.05) is 48.0 Å². The maximum Gasteiger partial charge on any atom is 0.176 e. The highest BCUT2D eigenvalue weighted by Gasteiger charge is 2.58. The highest BCUT2D eigenvalue weighted by molar-refractivity contribution is 6.24. The largest absolute Gasteiger partial charge is 0.508 e. The van der Waals surface area contributed by atoms with Crippen molar-refractivity contribution in [2.75, 3.05) is 0 Å². The Morgan fingerprint density at radius 1 is 1.04 bits per heavy atom. The van der Waals surface area contributed by atoms with Gasteiger partial charge < -0.3 is 15.3 Å². The van der Waals surface area contributed by atoms with Gasteiger partial charge in [0.25, 0.3) is 0 Å². The van der Waals surface area contributed by atoms with Gasteiger partial charge in [-0.15, -0.1) is 0 Å². The minimum Gasteiger partial charge on any atom is -0.508 e. The van der Waals surface area contributed by atoms with Crippen LogP contribution in [-0.4, -0.2) is 38.6 Å². The first-order valence-corrected chi connectivity index (χ1v) is 9.37. The average Bonchev–Trinajstić information content (AvgIpc) is 2.69. The van der Waals surface area contributed by atoms with Gasteiger partial charge in [-0.05, 0) is 31.1 Å². The van der Waals surface area contributed by atoms with Crippen LogP contribution < -0.4 is 0 Å². The Morgan fingerprint density at radius 2 is 1.56 bits per heavy atom. The Bertz CT molecular complexity index is 532. The summed E-state index contributed by atoms with van der Waals surface area (Å²) in [5.41, 5.74) is -2.39. The summed E-state index contributed by atoms with van der Waals surface area (Å²) < 4.78 is 0. The summed E-state index contributed by atoms with van der Waals surface area (Å²) in [6, 6.07) is 0. The first-order chi connectivity index (χ1) is 11.4. The molecule has 0 aromatic carbocycles. The van der Waals surface area contributed by atoms with Gasteiger partial charge in [0, 0.05) is 5.92 Å². The summed E-state index contributed by atoms with van der Waals surface area (Å²) in [7, 11) is 0. The van der Waals surface area contributed by atoms with Crippen LogP contribution in [0.2, 0.25) is 0 Å². The standard InChI is InChI=1S/C20H34O5/c1-11(2)7-9-14-18(23)16(17(22)13(5)6)19(24)20(14,25)15(21)10-8-12(3)4/h11-15,21,24-25H,7-10H2,1-6H3. The number of hydrogen-bond donors (Lipinski definition) is 3. The molecule has 0 saturated carbocycles. The number of aliphatic hydroxyl groups excluding tert-OH is 2. The van der Waals surface area contributed by atoms with Gasteiger partial charge in [-0.2, -0.15) is 0 Å². The fourth-order valence-electron chi connectivity index (χ4n) is 3.34. The van der Waals surface area contributed by atoms with Crippen LogP contribution in [0.25, 0.3) is 0 Å². The summed E-state index contributed by atoms with van der Waals surface area (Å²) >= 11 is 0. The molecule has 0 spiro atoms. The second kappa shape index (κ2) is 8.45. The first-order valence-electron chi connectivity index (χ1n) is 9.37. The Kier molecular flexibility index (Phi) is 7.39. The lowest BCUT2D eigenvalue weighted by atomic mass is 9.78. The minimum atomic E-state index is -2.07. The average molecular weight is 354 g/mol. The summed E-state index contributed by atoms with van der Waals surface area (Å²) in [6.07, 6.45) is 0.604. The van der Waals surface area contributed by atoms with E-state index in [1.807, 2.05) is 27.7 Å². The van der Waals surface area contributed by atoms with Crippen LogP contribution in [0.15, 0.2) is 11.3 Å². The lowest BCUT2D eigenvalue weighted by Gasteiger charge is -2.34. The molecular weight excluding hydrogens is 320 g/mol. The Morgan fingerprint density at radius 3 is 2.00 bits per heavy atom. The molecule has 0 amide bonds. The summed E-state index contributed by atoms with van der Waals surface area (Å²) in [5.74, 6) is -2.49. The molecule has 0 aliphatic heterocycles. The number of rotatable bonds is 9. The van der Waals surface area contributed by atoms with Crippen molar-refractivity contribution in [2.24, 2.45) is 23.7 Å². The zero-order valence-electron chi connectivity index (χ0n) is 16.4. The second-order valence-electron chi connectivity index (χ2n) is 8.44. The Hall–Kier alpha value is -1.20. The number of allylic oxidation sites excluding steroid dienone is 1. The predicted octanol–water partition coefficient (Wildman–Crippen LogP) is 3.19. The van der Waals surface area contributed by atoms with Crippen molar-refractivity contribution >= 4 is 11.6 Å². The quantitative estimate of drug-likeness (QED) is 0.553. The minimum absolute atomic E-state index is 0.257. The third kappa shape index (κ3) is 4.50. The van der Waals surface area contributed by atoms with Crippen LogP contribution in [0.5, 0.6) is 0 Å². The summed E-state index contributed by atoms with van der Waals surface area (Å²) in [5, 5.41) is 32.4. The fraction of sp³-hybridized carbons (Fsp3) is 0.800. The van der Waals surface area contributed by atoms with E-state index in [1.165, 1.54) is 0 Å². The third-order valence-electron chi connectivity index (χ3n) is 5.04. The molecule has 0 heterocycles. The molecule has 3 unspecified atom stereocenters. The van der Waals surface area contributed by atoms with Gasteiger partial charge in [0.2, 0.25) is 0 Å². The molecule has 0 bridgehead atoms. The zero-order chi connectivity index (χ0) is 19.5. The SMILES string of the molecule is CC(C)CCC(O)C1(O)C(O)=C(C(=O)C(C)C)C(=O)C1CCC(C)C. The van der Waals surface area contributed by atoms with Crippen molar-refractivity contribution < 1.29 is 24.9 Å². The number of aliphatic hydroxyl groups is 3. The van der Waals surface area contributed by atoms with Gasteiger partial charge in [0.15, 0.2) is 17.2 Å². The van der Waals surface area contributed by atoms with Gasteiger partial charge in [0.05, 0.1) is 12.0 Å². The van der Waals surface area contributed by atoms with E-state index in [4.69, 9.17) is 0 Å². The topological polar surface area (TPSA) is 94.8 Å². The molecule has 5 nitrogen and oxygen atoms in total. The monoisotopic (exact) mass is 354 g/mol. The van der Waals surface area contributed by atoms with Gasteiger partial charge in [-0.25, -0.2) is 0 Å². The van der Waals surface area contributed by atoms with E-state index in [-0.39, 0.29) is 12.0 Å². The molecule has 5 heteroatoms. The van der Waals surface area contributed by atoms with Crippen molar-refractivity contribution in [2.45, 2.75) is 78.9 Å². The highest BCUT2D eigenvalue weighted by atomic mass is 16.4. The first kappa shape index (κ1) is 21.8. The number of carbonyl (C=O) groups excluding carboxylic acids is 2. The number of hydrogen-bond acceptors (Lipinski definition) is 5. The van der Waals surface area contributed by atoms with E-state index in [0.29, 0.717) is 31.1 Å². The summed E-state index contributed by atoms with van der Waals surface area (Å²) in [4.78, 5) is 25.2. The number of ketones is 2. The van der Waals surface area contributed by atoms with E-state index in [9.17, 15) is 24.9 Å². The zero-order valence-corrected chi connectivity index (χ0v) is 16.4. The molecule has 0 saturated heterocycles. The molecule has 25 heavy (non-hydrogen) atoms. The molecule has 3 N–H and O–H groups in total. The fourth-order valence-corrected chi connectivity index (χ4v) is 3.34. The maximum atomic E-state index is 12.8. The maximum absolute atomic E-state index is 12.8. The Balaban J connectivity index is 3.27. The molecule has 144 valence electrons. The predicted molar refractivity (Wildman–Crippen MR) is 97.1 cm³/mol. The molecule has 1 aliphatic carbocycles. The van der Waals surface area contributed by atoms with Crippen molar-refractivity contribution in [1.82, 2.24) is 0 Å². The normalized spacial score (nSPS) is 25.6. The van der Waals surface area contributed by atoms with Crippen LogP contribution in [0.3, 0.4) is 0 Å². The lowest BCUT2D eigenvalue weighted by Crippen LogP contribution is -2.49. The van der Waals surface area contributed by atoms with Crippen LogP contribution in [0.1, 0.15) is 67.2 Å². The molecule has 0 aromatic rings. The lowest BCUT2D eigenvalue weighted by molar-refractivity contribution is -0.137. The van der Waals surface area contributed by atoms with Gasteiger partial charge in [0.1, 0.15) is 11.3 Å². The molecule has 1 rings (SSSR count). The smallest absolute Gasteiger partial charge is 0.176 e. The molecule has 0 aromatic heterocycles. The van der Waals surface area contributed by atoms with Crippen LogP contribution in [0.4, 0.5) is 0 Å². The van der Waals surface area contributed by atoms with Crippen molar-refractivity contribution in [3.63, 3.8) is 0 Å². The van der Waals surface area contributed by atoms with Crippen LogP contribution in [-0.2, 0) is 9.59 Å². The van der Waals surface area contributed by atoms with E-state index in [2.05, 4.69) is 0 Å². The Labute approximate surface area is 151 Å². The molecule has 1 aliphatic rings. The van der Waals surface area contributed by atoms with Crippen LogP contribution >= 0.6 is 0 Å². The highest BCUT2D eigenvalue weighted by Crippen LogP contribution is 2.44. The third-order valence-corrected chi connectivity index (χ3v) is 5.04. The second-order valence-corrected chi connectivity index (χ2v) is 8.44. The number of carbonyl (C=O) groups is 2.